The quantitative estimate of drug-likeness (QED) is 0.783. The van der Waals surface area contributed by atoms with Crippen molar-refractivity contribution in [1.29, 1.82) is 0 Å². The van der Waals surface area contributed by atoms with Gasteiger partial charge in [0.05, 0.1) is 0 Å². The van der Waals surface area contributed by atoms with E-state index < -0.39 is 15.9 Å². The van der Waals surface area contributed by atoms with Crippen molar-refractivity contribution < 1.29 is 13.2 Å². The van der Waals surface area contributed by atoms with Crippen LogP contribution >= 0.6 is 0 Å². The second-order valence-corrected chi connectivity index (χ2v) is 7.38. The molecule has 1 saturated heterocycles. The average molecular weight is 314 g/mol. The Balaban J connectivity index is 2.16. The average Bonchev–Trinajstić information content (AvgIpc) is 2.83. The van der Waals surface area contributed by atoms with Crippen LogP contribution in [-0.2, 0) is 17.1 Å². The summed E-state index contributed by atoms with van der Waals surface area (Å²) in [4.78, 5) is 11.4. The zero-order valence-electron chi connectivity index (χ0n) is 12.4. The van der Waals surface area contributed by atoms with Crippen molar-refractivity contribution in [3.05, 3.63) is 18.0 Å². The van der Waals surface area contributed by atoms with E-state index in [9.17, 15) is 13.2 Å². The van der Waals surface area contributed by atoms with E-state index >= 15 is 0 Å². The Morgan fingerprint density at radius 2 is 2.05 bits per heavy atom. The van der Waals surface area contributed by atoms with Crippen LogP contribution in [0, 0.1) is 5.92 Å². The fourth-order valence-electron chi connectivity index (χ4n) is 2.71. The highest BCUT2D eigenvalue weighted by molar-refractivity contribution is 7.89. The zero-order chi connectivity index (χ0) is 15.6. The molecule has 21 heavy (non-hydrogen) atoms. The number of nitrogens with two attached hydrogens (primary N) is 1. The highest BCUT2D eigenvalue weighted by atomic mass is 32.2. The Hall–Kier alpha value is -1.38. The number of aryl methyl sites for hydroxylation is 1. The maximum absolute atomic E-state index is 12.6. The molecule has 0 atom stereocenters. The summed E-state index contributed by atoms with van der Waals surface area (Å²) in [5.74, 6) is -0.120. The van der Waals surface area contributed by atoms with Gasteiger partial charge in [0.2, 0.25) is 10.0 Å². The molecule has 8 heteroatoms. The highest BCUT2D eigenvalue weighted by Crippen LogP contribution is 2.24. The number of carbonyl (C=O) groups is 1. The fraction of sp³-hybridized carbons (Fsp3) is 0.615. The van der Waals surface area contributed by atoms with Gasteiger partial charge in [0.15, 0.2) is 0 Å². The molecule has 0 aromatic carbocycles. The summed E-state index contributed by atoms with van der Waals surface area (Å²) in [6.45, 7) is 1.93. The molecule has 2 heterocycles. The predicted octanol–water partition coefficient (Wildman–Crippen LogP) is -0.256. The monoisotopic (exact) mass is 314 g/mol. The molecule has 0 saturated carbocycles. The lowest BCUT2D eigenvalue weighted by atomic mass is 9.98. The second-order valence-electron chi connectivity index (χ2n) is 5.44. The van der Waals surface area contributed by atoms with Crippen LogP contribution in [0.4, 0.5) is 0 Å². The lowest BCUT2D eigenvalue weighted by molar-refractivity contribution is 0.0992. The van der Waals surface area contributed by atoms with Crippen LogP contribution in [0.3, 0.4) is 0 Å². The van der Waals surface area contributed by atoms with E-state index in [1.165, 1.54) is 21.1 Å². The lowest BCUT2D eigenvalue weighted by Gasteiger charge is -2.30. The van der Waals surface area contributed by atoms with Crippen molar-refractivity contribution in [3.63, 3.8) is 0 Å². The number of rotatable bonds is 5. The summed E-state index contributed by atoms with van der Waals surface area (Å²) in [7, 11) is -0.0407. The Morgan fingerprint density at radius 1 is 1.43 bits per heavy atom. The van der Waals surface area contributed by atoms with Gasteiger partial charge in [-0.25, -0.2) is 8.42 Å². The molecule has 118 valence electrons. The summed E-state index contributed by atoms with van der Waals surface area (Å²) in [5.41, 5.74) is 5.42. The van der Waals surface area contributed by atoms with Crippen LogP contribution in [0.5, 0.6) is 0 Å². The zero-order valence-corrected chi connectivity index (χ0v) is 13.2. The van der Waals surface area contributed by atoms with Gasteiger partial charge in [0, 0.05) is 26.3 Å². The van der Waals surface area contributed by atoms with Gasteiger partial charge < -0.3 is 15.6 Å². The Kier molecular flexibility index (Phi) is 4.70. The van der Waals surface area contributed by atoms with Gasteiger partial charge in [-0.05, 0) is 38.4 Å². The number of nitrogens with one attached hydrogen (secondary N) is 1. The molecule has 3 N–H and O–H groups in total. The Morgan fingerprint density at radius 3 is 2.52 bits per heavy atom. The van der Waals surface area contributed by atoms with E-state index in [1.807, 2.05) is 7.05 Å². The molecule has 0 spiro atoms. The predicted molar refractivity (Wildman–Crippen MR) is 79.3 cm³/mol. The third kappa shape index (κ3) is 3.28. The standard InChI is InChI=1S/C13H22N4O3S/c1-15-8-10-3-5-17(6-4-10)21(19,20)11-7-12(13(14)18)16(2)9-11/h7,9-10,15H,3-6,8H2,1-2H3,(H2,14,18). The van der Waals surface area contributed by atoms with Gasteiger partial charge >= 0.3 is 0 Å². The lowest BCUT2D eigenvalue weighted by Crippen LogP contribution is -2.40. The normalized spacial score (nSPS) is 18.0. The van der Waals surface area contributed by atoms with Gasteiger partial charge in [0.1, 0.15) is 10.6 Å². The van der Waals surface area contributed by atoms with Crippen LogP contribution in [0.2, 0.25) is 0 Å². The first-order valence-corrected chi connectivity index (χ1v) is 8.41. The molecule has 0 unspecified atom stereocenters. The first-order chi connectivity index (χ1) is 9.86. The summed E-state index contributed by atoms with van der Waals surface area (Å²) < 4.78 is 28.1. The number of carbonyl (C=O) groups excluding carboxylic acids is 1. The van der Waals surface area contributed by atoms with Gasteiger partial charge in [-0.2, -0.15) is 4.31 Å². The number of hydrogen-bond acceptors (Lipinski definition) is 4. The SMILES string of the molecule is CNCC1CCN(S(=O)(=O)c2cc(C(N)=O)n(C)c2)CC1. The number of sulfonamides is 1. The van der Waals surface area contributed by atoms with Crippen molar-refractivity contribution in [2.24, 2.45) is 18.7 Å². The first kappa shape index (κ1) is 16.0. The topological polar surface area (TPSA) is 97.4 Å². The fourth-order valence-corrected chi connectivity index (χ4v) is 4.25. The van der Waals surface area contributed by atoms with E-state index in [2.05, 4.69) is 5.32 Å². The van der Waals surface area contributed by atoms with Gasteiger partial charge in [-0.3, -0.25) is 4.79 Å². The number of aromatic nitrogens is 1. The molecule has 1 fully saturated rings. The van der Waals surface area contributed by atoms with Gasteiger partial charge in [-0.15, -0.1) is 0 Å². The second kappa shape index (κ2) is 6.17. The summed E-state index contributed by atoms with van der Waals surface area (Å²) >= 11 is 0. The smallest absolute Gasteiger partial charge is 0.265 e. The molecular formula is C13H22N4O3S. The minimum absolute atomic E-state index is 0.130. The molecule has 1 amide bonds. The van der Waals surface area contributed by atoms with Crippen molar-refractivity contribution in [2.45, 2.75) is 17.7 Å². The summed E-state index contributed by atoms with van der Waals surface area (Å²) in [6.07, 6.45) is 3.13. The molecular weight excluding hydrogens is 292 g/mol. The molecule has 0 radical (unpaired) electrons. The van der Waals surface area contributed by atoms with Crippen molar-refractivity contribution in [3.8, 4) is 0 Å². The summed E-state index contributed by atoms with van der Waals surface area (Å²) in [6, 6.07) is 1.34. The van der Waals surface area contributed by atoms with E-state index in [0.29, 0.717) is 19.0 Å². The van der Waals surface area contributed by atoms with E-state index in [1.54, 1.807) is 7.05 Å². The molecule has 7 nitrogen and oxygen atoms in total. The van der Waals surface area contributed by atoms with Crippen LogP contribution in [-0.4, -0.2) is 49.9 Å². The van der Waals surface area contributed by atoms with Gasteiger partial charge in [-0.1, -0.05) is 0 Å². The molecule has 0 bridgehead atoms. The third-order valence-electron chi connectivity index (χ3n) is 3.94. The largest absolute Gasteiger partial charge is 0.364 e. The first-order valence-electron chi connectivity index (χ1n) is 6.97. The maximum atomic E-state index is 12.6. The molecule has 1 aromatic rings. The maximum Gasteiger partial charge on any atom is 0.265 e. The van der Waals surface area contributed by atoms with Crippen LogP contribution in [0.25, 0.3) is 0 Å². The number of nitrogens with zero attached hydrogens (tertiary/aromatic N) is 2. The highest BCUT2D eigenvalue weighted by Gasteiger charge is 2.30. The molecule has 0 aliphatic carbocycles. The van der Waals surface area contributed by atoms with Crippen molar-refractivity contribution >= 4 is 15.9 Å². The Labute approximate surface area is 125 Å². The van der Waals surface area contributed by atoms with Crippen molar-refractivity contribution in [2.75, 3.05) is 26.7 Å². The number of primary amides is 1. The number of amides is 1. The molecule has 1 aromatic heterocycles. The minimum Gasteiger partial charge on any atom is -0.364 e. The van der Waals surface area contributed by atoms with Crippen molar-refractivity contribution in [1.82, 2.24) is 14.2 Å². The van der Waals surface area contributed by atoms with Crippen LogP contribution < -0.4 is 11.1 Å². The molecule has 1 aliphatic rings. The Bertz CT molecular complexity index is 615. The van der Waals surface area contributed by atoms with Crippen LogP contribution in [0.1, 0.15) is 23.3 Å². The molecule has 1 aliphatic heterocycles. The van der Waals surface area contributed by atoms with E-state index in [4.69, 9.17) is 5.73 Å². The third-order valence-corrected chi connectivity index (χ3v) is 5.80. The molecule has 2 rings (SSSR count). The number of hydrogen-bond donors (Lipinski definition) is 2. The van der Waals surface area contributed by atoms with E-state index in [-0.39, 0.29) is 10.6 Å². The summed E-state index contributed by atoms with van der Waals surface area (Å²) in [5, 5.41) is 3.12. The van der Waals surface area contributed by atoms with E-state index in [0.717, 1.165) is 19.4 Å². The van der Waals surface area contributed by atoms with Gasteiger partial charge in [0.25, 0.3) is 5.91 Å². The minimum atomic E-state index is -3.55. The number of piperidine rings is 1. The van der Waals surface area contributed by atoms with Crippen LogP contribution in [0.15, 0.2) is 17.2 Å².